The maximum absolute atomic E-state index is 13.2. The molecular weight excluding hydrogens is 422 g/mol. The fourth-order valence-corrected chi connectivity index (χ4v) is 4.92. The molecule has 2 aromatic rings. The van der Waals surface area contributed by atoms with Crippen molar-refractivity contribution in [2.24, 2.45) is 0 Å². The Kier molecular flexibility index (Phi) is 6.32. The fraction of sp³-hybridized carbons (Fsp3) is 0.409. The van der Waals surface area contributed by atoms with Gasteiger partial charge in [-0.3, -0.25) is 4.79 Å². The van der Waals surface area contributed by atoms with Gasteiger partial charge in [-0.15, -0.1) is 0 Å². The van der Waals surface area contributed by atoms with Crippen LogP contribution < -0.4 is 9.80 Å². The van der Waals surface area contributed by atoms with Crippen LogP contribution in [0.5, 0.6) is 0 Å². The van der Waals surface area contributed by atoms with Crippen molar-refractivity contribution in [1.82, 2.24) is 4.90 Å². The van der Waals surface area contributed by atoms with E-state index in [4.69, 9.17) is 16.2 Å². The van der Waals surface area contributed by atoms with E-state index in [0.717, 1.165) is 48.9 Å². The first-order chi connectivity index (χ1) is 14.4. The highest BCUT2D eigenvalue weighted by molar-refractivity contribution is 7.79. The number of rotatable bonds is 4. The van der Waals surface area contributed by atoms with Gasteiger partial charge in [0.15, 0.2) is 11.1 Å². The molecule has 0 spiro atoms. The summed E-state index contributed by atoms with van der Waals surface area (Å²) in [6, 6.07) is 12.8. The molecule has 2 heterocycles. The smallest absolute Gasteiger partial charge is 0.245 e. The SMILES string of the molecule is CC(C(=O)N1CCN(c2ccc(S(=O)O)cc2)CC1)N1CCCc2cc(Cl)ccc21. The van der Waals surface area contributed by atoms with Crippen LogP contribution in [0.3, 0.4) is 0 Å². The lowest BCUT2D eigenvalue weighted by Gasteiger charge is -2.41. The van der Waals surface area contributed by atoms with Crippen molar-refractivity contribution >= 4 is 40.0 Å². The van der Waals surface area contributed by atoms with Crippen LogP contribution in [-0.2, 0) is 22.3 Å². The van der Waals surface area contributed by atoms with E-state index in [2.05, 4.69) is 9.80 Å². The molecule has 8 heteroatoms. The maximum atomic E-state index is 13.2. The molecule has 2 atom stereocenters. The zero-order valence-corrected chi connectivity index (χ0v) is 18.5. The number of hydrogen-bond acceptors (Lipinski definition) is 4. The van der Waals surface area contributed by atoms with Gasteiger partial charge in [0.05, 0.1) is 4.90 Å². The monoisotopic (exact) mass is 447 g/mol. The Morgan fingerprint density at radius 1 is 1.07 bits per heavy atom. The van der Waals surface area contributed by atoms with Crippen LogP contribution in [0.2, 0.25) is 5.02 Å². The standard InChI is InChI=1S/C22H26ClN3O3S/c1-16(26-10-2-3-17-15-18(23)4-9-21(17)26)22(27)25-13-11-24(12-14-25)19-5-7-20(8-6-19)30(28)29/h4-9,15-16H,2-3,10-14H2,1H3,(H,28,29). The third kappa shape index (κ3) is 4.33. The van der Waals surface area contributed by atoms with Crippen molar-refractivity contribution < 1.29 is 13.6 Å². The average molecular weight is 448 g/mol. The van der Waals surface area contributed by atoms with Crippen molar-refractivity contribution in [2.45, 2.75) is 30.7 Å². The van der Waals surface area contributed by atoms with Gasteiger partial charge in [0.25, 0.3) is 0 Å². The number of carbonyl (C=O) groups excluding carboxylic acids is 1. The third-order valence-electron chi connectivity index (χ3n) is 6.02. The number of anilines is 2. The Bertz CT molecular complexity index is 945. The summed E-state index contributed by atoms with van der Waals surface area (Å²) in [7, 11) is 0. The number of benzene rings is 2. The molecule has 0 bridgehead atoms. The Morgan fingerprint density at radius 2 is 1.77 bits per heavy atom. The molecule has 1 amide bonds. The molecule has 1 saturated heterocycles. The third-order valence-corrected chi connectivity index (χ3v) is 6.93. The van der Waals surface area contributed by atoms with Gasteiger partial charge < -0.3 is 19.3 Å². The maximum Gasteiger partial charge on any atom is 0.245 e. The molecule has 0 radical (unpaired) electrons. The summed E-state index contributed by atoms with van der Waals surface area (Å²) in [5.41, 5.74) is 3.34. The Hall–Kier alpha value is -2.09. The minimum absolute atomic E-state index is 0.156. The molecular formula is C22H26ClN3O3S. The zero-order chi connectivity index (χ0) is 21.3. The lowest BCUT2D eigenvalue weighted by Crippen LogP contribution is -2.55. The van der Waals surface area contributed by atoms with E-state index in [-0.39, 0.29) is 11.9 Å². The lowest BCUT2D eigenvalue weighted by molar-refractivity contribution is -0.132. The van der Waals surface area contributed by atoms with Crippen molar-refractivity contribution in [3.63, 3.8) is 0 Å². The highest BCUT2D eigenvalue weighted by Crippen LogP contribution is 2.31. The first-order valence-electron chi connectivity index (χ1n) is 10.2. The molecule has 4 rings (SSSR count). The van der Waals surface area contributed by atoms with Crippen molar-refractivity contribution in [3.05, 3.63) is 53.1 Å². The van der Waals surface area contributed by atoms with Gasteiger partial charge in [-0.2, -0.15) is 0 Å². The van der Waals surface area contributed by atoms with Crippen LogP contribution in [0.25, 0.3) is 0 Å². The van der Waals surface area contributed by atoms with Crippen LogP contribution in [0.15, 0.2) is 47.4 Å². The second-order valence-electron chi connectivity index (χ2n) is 7.80. The van der Waals surface area contributed by atoms with Crippen LogP contribution in [-0.4, -0.2) is 58.3 Å². The first-order valence-corrected chi connectivity index (χ1v) is 11.7. The van der Waals surface area contributed by atoms with Crippen LogP contribution in [0.1, 0.15) is 18.9 Å². The normalized spacial score (nSPS) is 18.7. The minimum Gasteiger partial charge on any atom is -0.368 e. The van der Waals surface area contributed by atoms with Crippen LogP contribution >= 0.6 is 11.6 Å². The molecule has 6 nitrogen and oxygen atoms in total. The van der Waals surface area contributed by atoms with E-state index in [1.54, 1.807) is 12.1 Å². The van der Waals surface area contributed by atoms with E-state index in [1.165, 1.54) is 5.56 Å². The molecule has 0 aliphatic carbocycles. The van der Waals surface area contributed by atoms with E-state index in [9.17, 15) is 9.00 Å². The second kappa shape index (κ2) is 8.96. The topological polar surface area (TPSA) is 64.1 Å². The predicted molar refractivity (Wildman–Crippen MR) is 121 cm³/mol. The van der Waals surface area contributed by atoms with Gasteiger partial charge in [0.2, 0.25) is 5.91 Å². The van der Waals surface area contributed by atoms with Crippen molar-refractivity contribution in [2.75, 3.05) is 42.5 Å². The molecule has 2 aliphatic heterocycles. The van der Waals surface area contributed by atoms with Crippen LogP contribution in [0.4, 0.5) is 11.4 Å². The predicted octanol–water partition coefficient (Wildman–Crippen LogP) is 3.41. The summed E-state index contributed by atoms with van der Waals surface area (Å²) >= 11 is 4.19. The van der Waals surface area contributed by atoms with Crippen LogP contribution in [0, 0.1) is 0 Å². The number of halogens is 1. The number of piperazine rings is 1. The summed E-state index contributed by atoms with van der Waals surface area (Å²) in [6.07, 6.45) is 2.02. The van der Waals surface area contributed by atoms with E-state index < -0.39 is 11.1 Å². The molecule has 2 aromatic carbocycles. The first kappa shape index (κ1) is 21.2. The number of hydrogen-bond donors (Lipinski definition) is 1. The second-order valence-corrected chi connectivity index (χ2v) is 9.21. The van der Waals surface area contributed by atoms with Gasteiger partial charge >= 0.3 is 0 Å². The summed E-state index contributed by atoms with van der Waals surface area (Å²) in [6.45, 7) is 5.68. The number of amides is 1. The minimum atomic E-state index is -1.96. The number of fused-ring (bicyclic) bond motifs is 1. The molecule has 0 aromatic heterocycles. The van der Waals surface area contributed by atoms with E-state index in [0.29, 0.717) is 18.0 Å². The Balaban J connectivity index is 1.39. The van der Waals surface area contributed by atoms with E-state index >= 15 is 0 Å². The number of nitrogens with zero attached hydrogens (tertiary/aromatic N) is 3. The lowest BCUT2D eigenvalue weighted by atomic mass is 10.00. The van der Waals surface area contributed by atoms with Gasteiger partial charge in [-0.1, -0.05) is 11.6 Å². The zero-order valence-electron chi connectivity index (χ0n) is 17.0. The molecule has 2 unspecified atom stereocenters. The summed E-state index contributed by atoms with van der Waals surface area (Å²) < 4.78 is 20.3. The number of aryl methyl sites for hydroxylation is 1. The largest absolute Gasteiger partial charge is 0.368 e. The summed E-state index contributed by atoms with van der Waals surface area (Å²) in [5.74, 6) is 0.156. The molecule has 30 heavy (non-hydrogen) atoms. The van der Waals surface area contributed by atoms with Gasteiger partial charge in [0, 0.05) is 49.1 Å². The van der Waals surface area contributed by atoms with E-state index in [1.807, 2.05) is 42.2 Å². The van der Waals surface area contributed by atoms with Crippen molar-refractivity contribution in [3.8, 4) is 0 Å². The van der Waals surface area contributed by atoms with Crippen molar-refractivity contribution in [1.29, 1.82) is 0 Å². The van der Waals surface area contributed by atoms with Gasteiger partial charge in [-0.25, -0.2) is 4.21 Å². The summed E-state index contributed by atoms with van der Waals surface area (Å²) in [5, 5.41) is 0.740. The Labute approximate surface area is 184 Å². The molecule has 1 fully saturated rings. The highest BCUT2D eigenvalue weighted by Gasteiger charge is 2.31. The summed E-state index contributed by atoms with van der Waals surface area (Å²) in [4.78, 5) is 20.0. The average Bonchev–Trinajstić information content (AvgIpc) is 2.77. The molecule has 2 aliphatic rings. The highest BCUT2D eigenvalue weighted by atomic mass is 35.5. The van der Waals surface area contributed by atoms with Gasteiger partial charge in [0.1, 0.15) is 6.04 Å². The Morgan fingerprint density at radius 3 is 2.43 bits per heavy atom. The fourth-order valence-electron chi connectivity index (χ4n) is 4.35. The molecule has 160 valence electrons. The molecule has 0 saturated carbocycles. The quantitative estimate of drug-likeness (QED) is 0.727. The number of carbonyl (C=O) groups is 1. The molecule has 1 N–H and O–H groups in total. The van der Waals surface area contributed by atoms with Gasteiger partial charge in [-0.05, 0) is 67.8 Å².